The summed E-state index contributed by atoms with van der Waals surface area (Å²) in [5.41, 5.74) is 2.92. The quantitative estimate of drug-likeness (QED) is 0.531. The minimum absolute atomic E-state index is 0.0786. The molecule has 3 heterocycles. The van der Waals surface area contributed by atoms with E-state index in [1.807, 2.05) is 45.0 Å². The smallest absolute Gasteiger partial charge is 0.262 e. The van der Waals surface area contributed by atoms with Crippen LogP contribution >= 0.6 is 11.3 Å². The Morgan fingerprint density at radius 1 is 1.17 bits per heavy atom. The van der Waals surface area contributed by atoms with Gasteiger partial charge < -0.3 is 9.88 Å². The lowest BCUT2D eigenvalue weighted by atomic mass is 10.2. The Morgan fingerprint density at radius 3 is 2.79 bits per heavy atom. The maximum atomic E-state index is 12.7. The van der Waals surface area contributed by atoms with Gasteiger partial charge in [-0.3, -0.25) is 14.2 Å². The van der Waals surface area contributed by atoms with Gasteiger partial charge in [0, 0.05) is 30.9 Å². The summed E-state index contributed by atoms with van der Waals surface area (Å²) in [6.45, 7) is 7.37. The van der Waals surface area contributed by atoms with Crippen molar-refractivity contribution in [1.82, 2.24) is 24.4 Å². The zero-order chi connectivity index (χ0) is 20.5. The first kappa shape index (κ1) is 19.3. The number of imidazole rings is 1. The maximum Gasteiger partial charge on any atom is 0.262 e. The van der Waals surface area contributed by atoms with Gasteiger partial charge in [0.2, 0.25) is 5.91 Å². The van der Waals surface area contributed by atoms with Crippen LogP contribution in [-0.4, -0.2) is 31.6 Å². The largest absolute Gasteiger partial charge is 0.354 e. The number of amides is 1. The first-order chi connectivity index (χ1) is 14.0. The fourth-order valence-electron chi connectivity index (χ4n) is 3.52. The summed E-state index contributed by atoms with van der Waals surface area (Å²) in [6.07, 6.45) is 1.77. The summed E-state index contributed by atoms with van der Waals surface area (Å²) in [4.78, 5) is 35.7. The standard InChI is InChI=1S/C21H23N5O2S/c1-13-14(2)29-20-19(13)21(28)25(12-23-20)10-8-18(27)22-9-11-26-15(3)24-16-6-4-5-7-17(16)26/h4-7,12H,8-11H2,1-3H3,(H,22,27). The van der Waals surface area contributed by atoms with Gasteiger partial charge in [-0.25, -0.2) is 9.97 Å². The number of aryl methyl sites for hydroxylation is 4. The normalized spacial score (nSPS) is 11.4. The number of aromatic nitrogens is 4. The van der Waals surface area contributed by atoms with E-state index in [0.29, 0.717) is 25.0 Å². The van der Waals surface area contributed by atoms with Gasteiger partial charge in [0.05, 0.1) is 22.7 Å². The molecule has 1 aromatic carbocycles. The number of nitrogens with zero attached hydrogens (tertiary/aromatic N) is 4. The molecule has 150 valence electrons. The lowest BCUT2D eigenvalue weighted by molar-refractivity contribution is -0.121. The highest BCUT2D eigenvalue weighted by Crippen LogP contribution is 2.25. The minimum Gasteiger partial charge on any atom is -0.354 e. The molecule has 29 heavy (non-hydrogen) atoms. The van der Waals surface area contributed by atoms with E-state index in [2.05, 4.69) is 19.9 Å². The molecule has 8 heteroatoms. The molecule has 0 bridgehead atoms. The van der Waals surface area contributed by atoms with Crippen molar-refractivity contribution in [3.8, 4) is 0 Å². The summed E-state index contributed by atoms with van der Waals surface area (Å²) < 4.78 is 3.62. The first-order valence-corrected chi connectivity index (χ1v) is 10.4. The SMILES string of the molecule is Cc1sc2ncn(CCC(=O)NCCn3c(C)nc4ccccc43)c(=O)c2c1C. The van der Waals surface area contributed by atoms with Crippen molar-refractivity contribution in [3.05, 3.63) is 57.2 Å². The zero-order valence-corrected chi connectivity index (χ0v) is 17.5. The number of carbonyl (C=O) groups excluding carboxylic acids is 1. The lowest BCUT2D eigenvalue weighted by Crippen LogP contribution is -2.30. The van der Waals surface area contributed by atoms with Crippen molar-refractivity contribution < 1.29 is 4.79 Å². The fraction of sp³-hybridized carbons (Fsp3) is 0.333. The van der Waals surface area contributed by atoms with Crippen molar-refractivity contribution in [2.45, 2.75) is 40.3 Å². The van der Waals surface area contributed by atoms with E-state index < -0.39 is 0 Å². The molecule has 0 aliphatic heterocycles. The molecule has 0 saturated carbocycles. The summed E-state index contributed by atoms with van der Waals surface area (Å²) in [5.74, 6) is 0.838. The summed E-state index contributed by atoms with van der Waals surface area (Å²) >= 11 is 1.53. The van der Waals surface area contributed by atoms with Crippen LogP contribution in [0.1, 0.15) is 22.7 Å². The van der Waals surface area contributed by atoms with E-state index in [4.69, 9.17) is 0 Å². The number of rotatable bonds is 6. The molecule has 0 fully saturated rings. The molecule has 0 unspecified atom stereocenters. The van der Waals surface area contributed by atoms with Gasteiger partial charge >= 0.3 is 0 Å². The average Bonchev–Trinajstić information content (AvgIpc) is 3.17. The molecule has 7 nitrogen and oxygen atoms in total. The molecule has 0 saturated heterocycles. The lowest BCUT2D eigenvalue weighted by Gasteiger charge is -2.09. The van der Waals surface area contributed by atoms with Crippen molar-refractivity contribution in [1.29, 1.82) is 0 Å². The first-order valence-electron chi connectivity index (χ1n) is 9.59. The van der Waals surface area contributed by atoms with Crippen LogP contribution in [-0.2, 0) is 17.9 Å². The van der Waals surface area contributed by atoms with E-state index in [1.54, 1.807) is 0 Å². The Balaban J connectivity index is 1.36. The molecule has 1 N–H and O–H groups in total. The molecule has 4 rings (SSSR count). The van der Waals surface area contributed by atoms with Crippen LogP contribution in [0.2, 0.25) is 0 Å². The number of carbonyl (C=O) groups is 1. The molecule has 1 amide bonds. The van der Waals surface area contributed by atoms with Crippen LogP contribution in [0, 0.1) is 20.8 Å². The molecule has 3 aromatic heterocycles. The van der Waals surface area contributed by atoms with Crippen LogP contribution in [0.5, 0.6) is 0 Å². The van der Waals surface area contributed by atoms with Gasteiger partial charge in [-0.1, -0.05) is 12.1 Å². The van der Waals surface area contributed by atoms with E-state index in [0.717, 1.165) is 32.1 Å². The average molecular weight is 410 g/mol. The Hall–Kier alpha value is -3.00. The van der Waals surface area contributed by atoms with E-state index in [-0.39, 0.29) is 17.9 Å². The molecular weight excluding hydrogens is 386 g/mol. The summed E-state index contributed by atoms with van der Waals surface area (Å²) in [6, 6.07) is 7.96. The molecular formula is C21H23N5O2S. The molecule has 0 atom stereocenters. The number of nitrogens with one attached hydrogen (secondary N) is 1. The van der Waals surface area contributed by atoms with Crippen molar-refractivity contribution in [2.24, 2.45) is 0 Å². The summed E-state index contributed by atoms with van der Waals surface area (Å²) in [7, 11) is 0. The van der Waals surface area contributed by atoms with Gasteiger partial charge in [0.1, 0.15) is 10.7 Å². The Bertz CT molecular complexity index is 1270. The minimum atomic E-state index is -0.0858. The fourth-order valence-corrected chi connectivity index (χ4v) is 4.51. The van der Waals surface area contributed by atoms with Gasteiger partial charge in [-0.2, -0.15) is 0 Å². The van der Waals surface area contributed by atoms with Gasteiger partial charge in [-0.05, 0) is 38.5 Å². The number of hydrogen-bond acceptors (Lipinski definition) is 5. The molecule has 4 aromatic rings. The molecule has 0 spiro atoms. The topological polar surface area (TPSA) is 81.8 Å². The maximum absolute atomic E-state index is 12.7. The highest BCUT2D eigenvalue weighted by molar-refractivity contribution is 7.18. The van der Waals surface area contributed by atoms with Gasteiger partial charge in [0.15, 0.2) is 0 Å². The summed E-state index contributed by atoms with van der Waals surface area (Å²) in [5, 5.41) is 3.60. The molecule has 0 aliphatic carbocycles. The number of thiophene rings is 1. The monoisotopic (exact) mass is 409 g/mol. The van der Waals surface area contributed by atoms with Gasteiger partial charge in [-0.15, -0.1) is 11.3 Å². The van der Waals surface area contributed by atoms with Crippen LogP contribution in [0.3, 0.4) is 0 Å². The van der Waals surface area contributed by atoms with Crippen LogP contribution in [0.25, 0.3) is 21.3 Å². The predicted octanol–water partition coefficient (Wildman–Crippen LogP) is 2.94. The zero-order valence-electron chi connectivity index (χ0n) is 16.7. The van der Waals surface area contributed by atoms with Crippen molar-refractivity contribution in [3.63, 3.8) is 0 Å². The Kier molecular flexibility index (Phi) is 5.19. The molecule has 0 aliphatic rings. The van der Waals surface area contributed by atoms with E-state index in [9.17, 15) is 9.59 Å². The number of hydrogen-bond donors (Lipinski definition) is 1. The second-order valence-electron chi connectivity index (χ2n) is 7.11. The second kappa shape index (κ2) is 7.79. The highest BCUT2D eigenvalue weighted by Gasteiger charge is 2.13. The van der Waals surface area contributed by atoms with Gasteiger partial charge in [0.25, 0.3) is 5.56 Å². The third-order valence-corrected chi connectivity index (χ3v) is 6.35. The van der Waals surface area contributed by atoms with Crippen LogP contribution < -0.4 is 10.9 Å². The van der Waals surface area contributed by atoms with Crippen molar-refractivity contribution in [2.75, 3.05) is 6.54 Å². The van der Waals surface area contributed by atoms with E-state index >= 15 is 0 Å². The number of benzene rings is 1. The predicted molar refractivity (Wildman–Crippen MR) is 115 cm³/mol. The highest BCUT2D eigenvalue weighted by atomic mass is 32.1. The van der Waals surface area contributed by atoms with Crippen molar-refractivity contribution >= 4 is 38.5 Å². The number of para-hydroxylation sites is 2. The second-order valence-corrected chi connectivity index (χ2v) is 8.31. The Labute approximate surface area is 172 Å². The van der Waals surface area contributed by atoms with Crippen LogP contribution in [0.15, 0.2) is 35.4 Å². The Morgan fingerprint density at radius 2 is 1.97 bits per heavy atom. The molecule has 0 radical (unpaired) electrons. The van der Waals surface area contributed by atoms with E-state index in [1.165, 1.54) is 22.2 Å². The third kappa shape index (κ3) is 3.67. The third-order valence-electron chi connectivity index (χ3n) is 5.24. The van der Waals surface area contributed by atoms with Crippen LogP contribution in [0.4, 0.5) is 0 Å². The number of fused-ring (bicyclic) bond motifs is 2.